The molecular formula is C23H25Cl2N3O5S. The number of nitrogens with one attached hydrogen (secondary N) is 1. The van der Waals surface area contributed by atoms with Crippen LogP contribution in [0.2, 0.25) is 10.2 Å². The molecule has 8 nitrogen and oxygen atoms in total. The minimum absolute atomic E-state index is 0.0360. The second-order valence-corrected chi connectivity index (χ2v) is 10.2. The van der Waals surface area contributed by atoms with Crippen molar-refractivity contribution in [2.24, 2.45) is 0 Å². The van der Waals surface area contributed by atoms with Gasteiger partial charge in [0.1, 0.15) is 11.5 Å². The summed E-state index contributed by atoms with van der Waals surface area (Å²) in [4.78, 5) is 18.7. The third-order valence-electron chi connectivity index (χ3n) is 5.13. The number of nitrogens with zero attached hydrogens (tertiary/aromatic N) is 2. The van der Waals surface area contributed by atoms with Crippen molar-refractivity contribution in [3.05, 3.63) is 70.2 Å². The molecule has 3 rings (SSSR count). The normalized spacial score (nSPS) is 12.3. The van der Waals surface area contributed by atoms with Crippen molar-refractivity contribution in [1.82, 2.24) is 4.98 Å². The van der Waals surface area contributed by atoms with E-state index in [9.17, 15) is 13.2 Å². The van der Waals surface area contributed by atoms with Gasteiger partial charge >= 0.3 is 6.09 Å². The van der Waals surface area contributed by atoms with E-state index in [4.69, 9.17) is 32.4 Å². The van der Waals surface area contributed by atoms with Crippen molar-refractivity contribution in [3.8, 4) is 0 Å². The fourth-order valence-electron chi connectivity index (χ4n) is 3.35. The molecule has 0 aliphatic rings. The van der Waals surface area contributed by atoms with E-state index in [1.165, 1.54) is 30.5 Å². The molecule has 0 bridgehead atoms. The molecule has 0 aliphatic heterocycles. The van der Waals surface area contributed by atoms with Crippen LogP contribution in [0.15, 0.2) is 58.1 Å². The van der Waals surface area contributed by atoms with Gasteiger partial charge in [-0.1, -0.05) is 11.6 Å². The molecule has 0 saturated carbocycles. The molecule has 3 aromatic rings. The number of aromatic nitrogens is 1. The van der Waals surface area contributed by atoms with Gasteiger partial charge in [0, 0.05) is 30.7 Å². The summed E-state index contributed by atoms with van der Waals surface area (Å²) >= 11 is 11.7. The number of carbonyl (C=O) groups is 1. The van der Waals surface area contributed by atoms with Crippen LogP contribution in [0.25, 0.3) is 0 Å². The number of carbonyl (C=O) groups excluding carboxylic acids is 1. The lowest BCUT2D eigenvalue weighted by Gasteiger charge is -2.22. The molecule has 1 unspecified atom stereocenters. The summed E-state index contributed by atoms with van der Waals surface area (Å²) in [6.45, 7) is 7.71. The fourth-order valence-corrected chi connectivity index (χ4v) is 4.90. The SMILES string of the molecule is CCN(CC)c1ccc(NC(=O)OC(CS(=O)(=O)c2ccc(Cl)cn2)c2ccc(Cl)o2)c(C)c1. The Labute approximate surface area is 208 Å². The molecule has 0 aliphatic carbocycles. The van der Waals surface area contributed by atoms with Gasteiger partial charge in [-0.15, -0.1) is 0 Å². The Balaban J connectivity index is 1.79. The topological polar surface area (TPSA) is 102 Å². The van der Waals surface area contributed by atoms with Crippen LogP contribution in [0, 0.1) is 6.92 Å². The number of rotatable bonds is 9. The Morgan fingerprint density at radius 1 is 1.15 bits per heavy atom. The Morgan fingerprint density at radius 3 is 2.44 bits per heavy atom. The smallest absolute Gasteiger partial charge is 0.412 e. The molecule has 1 amide bonds. The first kappa shape index (κ1) is 25.9. The number of pyridine rings is 1. The largest absolute Gasteiger partial charge is 0.446 e. The van der Waals surface area contributed by atoms with Gasteiger partial charge in [0.25, 0.3) is 0 Å². The van der Waals surface area contributed by atoms with Crippen molar-refractivity contribution >= 4 is 50.5 Å². The summed E-state index contributed by atoms with van der Waals surface area (Å²) in [5.74, 6) is -0.509. The molecule has 0 spiro atoms. The molecule has 2 aromatic heterocycles. The predicted octanol–water partition coefficient (Wildman–Crippen LogP) is 5.90. The van der Waals surface area contributed by atoms with Gasteiger partial charge in [0.05, 0.1) is 5.02 Å². The predicted molar refractivity (Wildman–Crippen MR) is 133 cm³/mol. The number of anilines is 2. The minimum Gasteiger partial charge on any atom is -0.446 e. The van der Waals surface area contributed by atoms with Gasteiger partial charge in [-0.2, -0.15) is 0 Å². The molecule has 0 fully saturated rings. The standard InChI is InChI=1S/C23H25Cl2N3O5S/c1-4-28(5-2)17-7-8-18(15(3)12-17)27-23(29)33-20(19-9-10-21(25)32-19)14-34(30,31)22-11-6-16(24)13-26-22/h6-13,20H,4-5,14H2,1-3H3,(H,27,29). The number of aryl methyl sites for hydroxylation is 1. The van der Waals surface area contributed by atoms with Crippen LogP contribution in [0.5, 0.6) is 0 Å². The maximum absolute atomic E-state index is 12.9. The number of furan rings is 1. The number of hydrogen-bond donors (Lipinski definition) is 1. The van der Waals surface area contributed by atoms with Crippen molar-refractivity contribution in [1.29, 1.82) is 0 Å². The van der Waals surface area contributed by atoms with Crippen LogP contribution < -0.4 is 10.2 Å². The zero-order chi connectivity index (χ0) is 24.9. The van der Waals surface area contributed by atoms with Crippen LogP contribution in [-0.4, -0.2) is 38.3 Å². The van der Waals surface area contributed by atoms with E-state index in [0.717, 1.165) is 24.3 Å². The van der Waals surface area contributed by atoms with Crippen molar-refractivity contribution in [2.75, 3.05) is 29.1 Å². The second-order valence-electron chi connectivity index (χ2n) is 7.43. The summed E-state index contributed by atoms with van der Waals surface area (Å²) in [7, 11) is -3.95. The first-order valence-corrected chi connectivity index (χ1v) is 13.0. The van der Waals surface area contributed by atoms with E-state index in [1.807, 2.05) is 19.1 Å². The molecule has 1 atom stereocenters. The average molecular weight is 526 g/mol. The van der Waals surface area contributed by atoms with Gasteiger partial charge in [-0.3, -0.25) is 5.32 Å². The fraction of sp³-hybridized carbons (Fsp3) is 0.304. The second kappa shape index (κ2) is 11.1. The van der Waals surface area contributed by atoms with E-state index in [2.05, 4.69) is 29.0 Å². The van der Waals surface area contributed by atoms with Gasteiger partial charge in [0.15, 0.2) is 26.2 Å². The molecule has 0 radical (unpaired) electrons. The summed E-state index contributed by atoms with van der Waals surface area (Å²) in [6.07, 6.45) is -0.869. The summed E-state index contributed by atoms with van der Waals surface area (Å²) < 4.78 is 36.6. The third kappa shape index (κ3) is 6.43. The Hall–Kier alpha value is -2.75. The first-order chi connectivity index (χ1) is 16.1. The van der Waals surface area contributed by atoms with Crippen molar-refractivity contribution < 1.29 is 22.4 Å². The molecule has 0 saturated heterocycles. The zero-order valence-corrected chi connectivity index (χ0v) is 21.2. The average Bonchev–Trinajstić information content (AvgIpc) is 3.22. The van der Waals surface area contributed by atoms with Crippen molar-refractivity contribution in [2.45, 2.75) is 31.9 Å². The van der Waals surface area contributed by atoms with Gasteiger partial charge in [-0.25, -0.2) is 18.2 Å². The summed E-state index contributed by atoms with van der Waals surface area (Å²) in [5.41, 5.74) is 2.40. The first-order valence-electron chi connectivity index (χ1n) is 10.6. The minimum atomic E-state index is -3.95. The van der Waals surface area contributed by atoms with Gasteiger partial charge in [-0.05, 0) is 80.4 Å². The molecule has 1 N–H and O–H groups in total. The molecule has 11 heteroatoms. The van der Waals surface area contributed by atoms with Crippen molar-refractivity contribution in [3.63, 3.8) is 0 Å². The zero-order valence-electron chi connectivity index (χ0n) is 18.9. The lowest BCUT2D eigenvalue weighted by Crippen LogP contribution is -2.24. The maximum Gasteiger partial charge on any atom is 0.412 e. The highest BCUT2D eigenvalue weighted by molar-refractivity contribution is 7.91. The van der Waals surface area contributed by atoms with E-state index >= 15 is 0 Å². The highest BCUT2D eigenvalue weighted by Gasteiger charge is 2.29. The Morgan fingerprint density at radius 2 is 1.88 bits per heavy atom. The van der Waals surface area contributed by atoms with Gasteiger partial charge < -0.3 is 14.1 Å². The monoisotopic (exact) mass is 525 g/mol. The number of sulfone groups is 1. The highest BCUT2D eigenvalue weighted by Crippen LogP contribution is 2.28. The van der Waals surface area contributed by atoms with Crippen LogP contribution in [0.4, 0.5) is 16.2 Å². The number of amides is 1. The Bertz CT molecular complexity index is 1240. The lowest BCUT2D eigenvalue weighted by atomic mass is 10.1. The third-order valence-corrected chi connectivity index (χ3v) is 7.17. The number of halogens is 2. The number of ether oxygens (including phenoxy) is 1. The Kier molecular flexibility index (Phi) is 8.46. The molecule has 2 heterocycles. The molecular weight excluding hydrogens is 501 g/mol. The quantitative estimate of drug-likeness (QED) is 0.370. The number of hydrogen-bond acceptors (Lipinski definition) is 7. The molecule has 182 valence electrons. The summed E-state index contributed by atoms with van der Waals surface area (Å²) in [6, 6.07) is 11.2. The van der Waals surface area contributed by atoms with E-state index in [1.54, 1.807) is 6.07 Å². The van der Waals surface area contributed by atoms with Crippen LogP contribution >= 0.6 is 23.2 Å². The summed E-state index contributed by atoms with van der Waals surface area (Å²) in [5, 5.41) is 2.80. The molecule has 1 aromatic carbocycles. The molecule has 34 heavy (non-hydrogen) atoms. The van der Waals surface area contributed by atoms with E-state index in [0.29, 0.717) is 10.7 Å². The van der Waals surface area contributed by atoms with Crippen LogP contribution in [-0.2, 0) is 14.6 Å². The highest BCUT2D eigenvalue weighted by atomic mass is 35.5. The van der Waals surface area contributed by atoms with Crippen LogP contribution in [0.3, 0.4) is 0 Å². The van der Waals surface area contributed by atoms with E-state index < -0.39 is 27.8 Å². The van der Waals surface area contributed by atoms with E-state index in [-0.39, 0.29) is 16.0 Å². The maximum atomic E-state index is 12.9. The van der Waals surface area contributed by atoms with Gasteiger partial charge in [0.2, 0.25) is 0 Å². The van der Waals surface area contributed by atoms with Crippen LogP contribution in [0.1, 0.15) is 31.3 Å². The lowest BCUT2D eigenvalue weighted by molar-refractivity contribution is 0.109. The number of benzene rings is 1.